The number of amides is 1. The van der Waals surface area contributed by atoms with Crippen molar-refractivity contribution in [1.82, 2.24) is 9.78 Å². The van der Waals surface area contributed by atoms with Crippen molar-refractivity contribution >= 4 is 46.6 Å². The highest BCUT2D eigenvalue weighted by atomic mass is 35.5. The van der Waals surface area contributed by atoms with Crippen molar-refractivity contribution in [3.05, 3.63) is 76.0 Å². The summed E-state index contributed by atoms with van der Waals surface area (Å²) in [5, 5.41) is 17.1. The lowest BCUT2D eigenvalue weighted by atomic mass is 10.1. The second kappa shape index (κ2) is 8.96. The first-order valence-corrected chi connectivity index (χ1v) is 9.67. The van der Waals surface area contributed by atoms with E-state index in [4.69, 9.17) is 28.5 Å². The van der Waals surface area contributed by atoms with Gasteiger partial charge in [0, 0.05) is 16.1 Å². The van der Waals surface area contributed by atoms with E-state index in [1.54, 1.807) is 41.3 Å². The molecule has 0 fully saturated rings. The molecule has 5 nitrogen and oxygen atoms in total. The maximum Gasteiger partial charge on any atom is 0.234 e. The van der Waals surface area contributed by atoms with Gasteiger partial charge in [-0.1, -0.05) is 35.3 Å². The van der Waals surface area contributed by atoms with Crippen LogP contribution in [-0.4, -0.2) is 21.4 Å². The molecule has 1 aromatic heterocycles. The standard InChI is InChI=1S/C19H14Cl2N4OS/c20-15-4-5-18(17(21)7-15)27-12-19(26)24-16-9-23-25(11-16)10-14-3-1-2-13(6-14)8-22/h1-7,9,11H,10,12H2,(H,24,26). The second-order valence-corrected chi connectivity index (χ2v) is 7.51. The molecule has 3 aromatic rings. The number of benzene rings is 2. The second-order valence-electron chi connectivity index (χ2n) is 5.65. The van der Waals surface area contributed by atoms with Crippen LogP contribution in [0.4, 0.5) is 5.69 Å². The number of carbonyl (C=O) groups is 1. The number of hydrogen-bond donors (Lipinski definition) is 1. The minimum Gasteiger partial charge on any atom is -0.323 e. The van der Waals surface area contributed by atoms with E-state index in [1.807, 2.05) is 18.2 Å². The van der Waals surface area contributed by atoms with Crippen LogP contribution in [0.25, 0.3) is 0 Å². The lowest BCUT2D eigenvalue weighted by Gasteiger charge is -2.05. The van der Waals surface area contributed by atoms with Crippen LogP contribution in [0.2, 0.25) is 10.0 Å². The van der Waals surface area contributed by atoms with Gasteiger partial charge in [0.15, 0.2) is 0 Å². The number of thioether (sulfide) groups is 1. The lowest BCUT2D eigenvalue weighted by molar-refractivity contribution is -0.113. The molecule has 2 aromatic carbocycles. The number of rotatable bonds is 6. The van der Waals surface area contributed by atoms with Gasteiger partial charge >= 0.3 is 0 Å². The van der Waals surface area contributed by atoms with Crippen molar-refractivity contribution in [3.8, 4) is 6.07 Å². The van der Waals surface area contributed by atoms with E-state index in [2.05, 4.69) is 16.5 Å². The third-order valence-corrected chi connectivity index (χ3v) is 5.30. The maximum absolute atomic E-state index is 12.1. The molecule has 3 rings (SSSR count). The van der Waals surface area contributed by atoms with Gasteiger partial charge in [-0.25, -0.2) is 0 Å². The molecule has 0 aliphatic rings. The van der Waals surface area contributed by atoms with Crippen LogP contribution in [-0.2, 0) is 11.3 Å². The summed E-state index contributed by atoms with van der Waals surface area (Å²) in [6.07, 6.45) is 3.34. The zero-order valence-electron chi connectivity index (χ0n) is 14.0. The van der Waals surface area contributed by atoms with Gasteiger partial charge in [0.25, 0.3) is 0 Å². The van der Waals surface area contributed by atoms with Gasteiger partial charge in [-0.3, -0.25) is 9.48 Å². The molecule has 0 saturated heterocycles. The van der Waals surface area contributed by atoms with Crippen molar-refractivity contribution in [1.29, 1.82) is 5.26 Å². The predicted octanol–water partition coefficient (Wildman–Crippen LogP) is 4.84. The Kier molecular flexibility index (Phi) is 6.40. The summed E-state index contributed by atoms with van der Waals surface area (Å²) in [5.41, 5.74) is 2.17. The molecule has 0 saturated carbocycles. The minimum absolute atomic E-state index is 0.156. The first-order valence-electron chi connectivity index (χ1n) is 7.92. The highest BCUT2D eigenvalue weighted by molar-refractivity contribution is 8.00. The zero-order valence-corrected chi connectivity index (χ0v) is 16.4. The fourth-order valence-corrected chi connectivity index (χ4v) is 3.67. The summed E-state index contributed by atoms with van der Waals surface area (Å²) in [5.74, 6) is 0.0635. The molecule has 1 amide bonds. The SMILES string of the molecule is N#Cc1cccc(Cn2cc(NC(=O)CSc3ccc(Cl)cc3Cl)cn2)c1. The molecule has 8 heteroatoms. The van der Waals surface area contributed by atoms with Crippen LogP contribution in [0, 0.1) is 11.3 Å². The molecule has 1 heterocycles. The van der Waals surface area contributed by atoms with E-state index in [9.17, 15) is 4.79 Å². The fourth-order valence-electron chi connectivity index (χ4n) is 2.37. The number of nitrogens with zero attached hydrogens (tertiary/aromatic N) is 3. The average Bonchev–Trinajstić information content (AvgIpc) is 3.08. The number of halogens is 2. The number of carbonyl (C=O) groups excluding carboxylic acids is 1. The first-order chi connectivity index (χ1) is 13.0. The van der Waals surface area contributed by atoms with Gasteiger partial charge < -0.3 is 5.32 Å². The van der Waals surface area contributed by atoms with E-state index < -0.39 is 0 Å². The Balaban J connectivity index is 1.55. The molecule has 0 atom stereocenters. The van der Waals surface area contributed by atoms with E-state index in [0.29, 0.717) is 27.8 Å². The Bertz CT molecular complexity index is 1010. The van der Waals surface area contributed by atoms with Crippen molar-refractivity contribution in [2.45, 2.75) is 11.4 Å². The van der Waals surface area contributed by atoms with Gasteiger partial charge in [-0.2, -0.15) is 10.4 Å². The molecule has 27 heavy (non-hydrogen) atoms. The number of nitriles is 1. The van der Waals surface area contributed by atoms with E-state index in [-0.39, 0.29) is 11.7 Å². The van der Waals surface area contributed by atoms with Gasteiger partial charge in [0.1, 0.15) is 0 Å². The molecular formula is C19H14Cl2N4OS. The normalized spacial score (nSPS) is 10.4. The Morgan fingerprint density at radius 2 is 2.11 bits per heavy atom. The Morgan fingerprint density at radius 1 is 1.26 bits per heavy atom. The Morgan fingerprint density at radius 3 is 2.89 bits per heavy atom. The third kappa shape index (κ3) is 5.51. The molecule has 0 bridgehead atoms. The van der Waals surface area contributed by atoms with Gasteiger partial charge in [-0.15, -0.1) is 11.8 Å². The molecule has 136 valence electrons. The van der Waals surface area contributed by atoms with Gasteiger partial charge in [-0.05, 0) is 35.9 Å². The minimum atomic E-state index is -0.156. The molecule has 0 spiro atoms. The third-order valence-electron chi connectivity index (χ3n) is 3.57. The van der Waals surface area contributed by atoms with Crippen molar-refractivity contribution in [2.24, 2.45) is 0 Å². The average molecular weight is 417 g/mol. The van der Waals surface area contributed by atoms with Crippen LogP contribution in [0.1, 0.15) is 11.1 Å². The van der Waals surface area contributed by atoms with Crippen LogP contribution < -0.4 is 5.32 Å². The van der Waals surface area contributed by atoms with Crippen LogP contribution in [0.15, 0.2) is 59.8 Å². The molecule has 0 aliphatic heterocycles. The molecule has 0 radical (unpaired) electrons. The van der Waals surface area contributed by atoms with Crippen molar-refractivity contribution < 1.29 is 4.79 Å². The van der Waals surface area contributed by atoms with E-state index >= 15 is 0 Å². The Labute approximate surface area is 170 Å². The number of anilines is 1. The van der Waals surface area contributed by atoms with Crippen LogP contribution in [0.5, 0.6) is 0 Å². The molecule has 0 aliphatic carbocycles. The fraction of sp³-hybridized carbons (Fsp3) is 0.105. The summed E-state index contributed by atoms with van der Waals surface area (Å²) < 4.78 is 1.70. The summed E-state index contributed by atoms with van der Waals surface area (Å²) >= 11 is 13.3. The van der Waals surface area contributed by atoms with Crippen molar-refractivity contribution in [2.75, 3.05) is 11.1 Å². The smallest absolute Gasteiger partial charge is 0.234 e. The quantitative estimate of drug-likeness (QED) is 0.583. The summed E-state index contributed by atoms with van der Waals surface area (Å²) in [6.45, 7) is 0.514. The van der Waals surface area contributed by atoms with E-state index in [0.717, 1.165) is 10.5 Å². The predicted molar refractivity (Wildman–Crippen MR) is 108 cm³/mol. The monoisotopic (exact) mass is 416 g/mol. The molecule has 1 N–H and O–H groups in total. The van der Waals surface area contributed by atoms with Crippen LogP contribution in [0.3, 0.4) is 0 Å². The summed E-state index contributed by atoms with van der Waals surface area (Å²) in [7, 11) is 0. The van der Waals surface area contributed by atoms with Gasteiger partial charge in [0.05, 0.1) is 40.8 Å². The molecular weight excluding hydrogens is 403 g/mol. The summed E-state index contributed by atoms with van der Waals surface area (Å²) in [6, 6.07) is 14.6. The highest BCUT2D eigenvalue weighted by Crippen LogP contribution is 2.29. The summed E-state index contributed by atoms with van der Waals surface area (Å²) in [4.78, 5) is 12.9. The Hall–Kier alpha value is -2.46. The number of aromatic nitrogens is 2. The number of hydrogen-bond acceptors (Lipinski definition) is 4. The maximum atomic E-state index is 12.1. The lowest BCUT2D eigenvalue weighted by Crippen LogP contribution is -2.13. The largest absolute Gasteiger partial charge is 0.323 e. The topological polar surface area (TPSA) is 70.7 Å². The highest BCUT2D eigenvalue weighted by Gasteiger charge is 2.08. The van der Waals surface area contributed by atoms with E-state index in [1.165, 1.54) is 11.8 Å². The van der Waals surface area contributed by atoms with Crippen LogP contribution >= 0.6 is 35.0 Å². The zero-order chi connectivity index (χ0) is 19.2. The molecule has 0 unspecified atom stereocenters. The van der Waals surface area contributed by atoms with Crippen molar-refractivity contribution in [3.63, 3.8) is 0 Å². The van der Waals surface area contributed by atoms with Gasteiger partial charge in [0.2, 0.25) is 5.91 Å². The first kappa shape index (κ1) is 19.3. The number of nitrogens with one attached hydrogen (secondary N) is 1.